The van der Waals surface area contributed by atoms with Gasteiger partial charge in [-0.2, -0.15) is 0 Å². The van der Waals surface area contributed by atoms with Crippen LogP contribution in [-0.4, -0.2) is 9.55 Å². The van der Waals surface area contributed by atoms with Crippen molar-refractivity contribution < 1.29 is 0 Å². The fraction of sp³-hybridized carbons (Fsp3) is 0.235. The summed E-state index contributed by atoms with van der Waals surface area (Å²) in [4.78, 5) is 4.51. The lowest BCUT2D eigenvalue weighted by atomic mass is 10.1. The van der Waals surface area contributed by atoms with E-state index in [0.29, 0.717) is 6.54 Å². The van der Waals surface area contributed by atoms with Gasteiger partial charge in [0.1, 0.15) is 5.65 Å². The lowest BCUT2D eigenvalue weighted by molar-refractivity contribution is 0.812. The van der Waals surface area contributed by atoms with Crippen LogP contribution in [0.25, 0.3) is 11.0 Å². The highest BCUT2D eigenvalue weighted by Gasteiger charge is 2.09. The summed E-state index contributed by atoms with van der Waals surface area (Å²) in [5.41, 5.74) is 11.9. The van der Waals surface area contributed by atoms with Crippen molar-refractivity contribution in [1.29, 1.82) is 0 Å². The van der Waals surface area contributed by atoms with Gasteiger partial charge >= 0.3 is 0 Å². The normalized spacial score (nSPS) is 11.2. The van der Waals surface area contributed by atoms with Gasteiger partial charge in [-0.1, -0.05) is 23.8 Å². The number of aromatic nitrogens is 2. The summed E-state index contributed by atoms with van der Waals surface area (Å²) >= 11 is 0. The van der Waals surface area contributed by atoms with Gasteiger partial charge in [-0.05, 0) is 42.7 Å². The molecule has 0 amide bonds. The first-order valence-electron chi connectivity index (χ1n) is 6.88. The minimum Gasteiger partial charge on any atom is -0.328 e. The van der Waals surface area contributed by atoms with Gasteiger partial charge in [0.2, 0.25) is 0 Å². The number of benzene rings is 1. The molecule has 0 fully saturated rings. The molecule has 0 aliphatic carbocycles. The molecule has 0 unspecified atom stereocenters. The monoisotopic (exact) mass is 265 g/mol. The number of aryl methyl sites for hydroxylation is 2. The average Bonchev–Trinajstić information content (AvgIpc) is 2.81. The van der Waals surface area contributed by atoms with Gasteiger partial charge in [-0.3, -0.25) is 0 Å². The van der Waals surface area contributed by atoms with E-state index in [9.17, 15) is 0 Å². The van der Waals surface area contributed by atoms with Crippen LogP contribution >= 0.6 is 0 Å². The molecule has 0 saturated heterocycles. The summed E-state index contributed by atoms with van der Waals surface area (Å²) in [6.45, 7) is 5.65. The second kappa shape index (κ2) is 5.10. The molecule has 3 nitrogen and oxygen atoms in total. The van der Waals surface area contributed by atoms with Gasteiger partial charge < -0.3 is 10.3 Å². The molecule has 3 rings (SSSR count). The Morgan fingerprint density at radius 3 is 2.80 bits per heavy atom. The van der Waals surface area contributed by atoms with Crippen molar-refractivity contribution in [2.75, 3.05) is 0 Å². The largest absolute Gasteiger partial charge is 0.328 e. The Bertz CT molecular complexity index is 756. The van der Waals surface area contributed by atoms with E-state index in [1.54, 1.807) is 0 Å². The molecule has 0 bridgehead atoms. The van der Waals surface area contributed by atoms with Crippen LogP contribution in [0.1, 0.15) is 22.3 Å². The Morgan fingerprint density at radius 2 is 2.00 bits per heavy atom. The van der Waals surface area contributed by atoms with Gasteiger partial charge in [0.15, 0.2) is 0 Å². The van der Waals surface area contributed by atoms with Crippen molar-refractivity contribution in [3.05, 3.63) is 65.0 Å². The second-order valence-electron chi connectivity index (χ2n) is 5.29. The Morgan fingerprint density at radius 1 is 1.15 bits per heavy atom. The van der Waals surface area contributed by atoms with Gasteiger partial charge in [0, 0.05) is 30.9 Å². The van der Waals surface area contributed by atoms with Crippen molar-refractivity contribution in [3.8, 4) is 0 Å². The quantitative estimate of drug-likeness (QED) is 0.790. The molecule has 0 radical (unpaired) electrons. The van der Waals surface area contributed by atoms with Crippen molar-refractivity contribution in [2.24, 2.45) is 5.73 Å². The maximum Gasteiger partial charge on any atom is 0.140 e. The number of pyridine rings is 1. The second-order valence-corrected chi connectivity index (χ2v) is 5.29. The molecule has 20 heavy (non-hydrogen) atoms. The Kier molecular flexibility index (Phi) is 3.28. The average molecular weight is 265 g/mol. The summed E-state index contributed by atoms with van der Waals surface area (Å²) in [5, 5.41) is 1.15. The molecule has 2 aromatic heterocycles. The molecule has 0 aliphatic rings. The summed E-state index contributed by atoms with van der Waals surface area (Å²) in [6, 6.07) is 10.6. The summed E-state index contributed by atoms with van der Waals surface area (Å²) in [5.74, 6) is 0. The highest BCUT2D eigenvalue weighted by Crippen LogP contribution is 2.21. The number of hydrogen-bond acceptors (Lipinski definition) is 2. The highest BCUT2D eigenvalue weighted by atomic mass is 15.0. The van der Waals surface area contributed by atoms with E-state index in [1.165, 1.54) is 16.7 Å². The van der Waals surface area contributed by atoms with Crippen molar-refractivity contribution in [1.82, 2.24) is 9.55 Å². The Hall–Kier alpha value is -2.13. The zero-order valence-corrected chi connectivity index (χ0v) is 11.9. The van der Waals surface area contributed by atoms with Crippen molar-refractivity contribution in [3.63, 3.8) is 0 Å². The summed E-state index contributed by atoms with van der Waals surface area (Å²) < 4.78 is 2.19. The van der Waals surface area contributed by atoms with Crippen LogP contribution in [-0.2, 0) is 13.1 Å². The predicted molar refractivity (Wildman–Crippen MR) is 82.6 cm³/mol. The molecule has 2 heterocycles. The first-order chi connectivity index (χ1) is 9.69. The predicted octanol–water partition coefficient (Wildman–Crippen LogP) is 3.16. The van der Waals surface area contributed by atoms with Gasteiger partial charge in [-0.25, -0.2) is 4.98 Å². The van der Waals surface area contributed by atoms with E-state index in [0.717, 1.165) is 23.1 Å². The van der Waals surface area contributed by atoms with E-state index in [1.807, 2.05) is 12.3 Å². The number of nitrogens with zero attached hydrogens (tertiary/aromatic N) is 2. The Balaban J connectivity index is 2.09. The van der Waals surface area contributed by atoms with Gasteiger partial charge in [0.25, 0.3) is 0 Å². The minimum atomic E-state index is 0.544. The number of hydrogen-bond donors (Lipinski definition) is 1. The van der Waals surface area contributed by atoms with Gasteiger partial charge in [0.05, 0.1) is 0 Å². The third kappa shape index (κ3) is 2.21. The van der Waals surface area contributed by atoms with Crippen LogP contribution in [0.5, 0.6) is 0 Å². The molecule has 2 N–H and O–H groups in total. The SMILES string of the molecule is Cc1ccc(C)c(Cn2cc(CN)c3cccnc32)c1. The zero-order valence-electron chi connectivity index (χ0n) is 11.9. The lowest BCUT2D eigenvalue weighted by Gasteiger charge is -2.09. The molecule has 102 valence electrons. The smallest absolute Gasteiger partial charge is 0.140 e. The van der Waals surface area contributed by atoms with Crippen LogP contribution in [0, 0.1) is 13.8 Å². The van der Waals surface area contributed by atoms with E-state index < -0.39 is 0 Å². The molecule has 0 spiro atoms. The molecule has 1 aromatic carbocycles. The van der Waals surface area contributed by atoms with Crippen LogP contribution in [0.4, 0.5) is 0 Å². The van der Waals surface area contributed by atoms with Crippen molar-refractivity contribution >= 4 is 11.0 Å². The maximum atomic E-state index is 5.84. The number of rotatable bonds is 3. The molecule has 0 atom stereocenters. The number of nitrogens with two attached hydrogens (primary N) is 1. The minimum absolute atomic E-state index is 0.544. The van der Waals surface area contributed by atoms with E-state index in [-0.39, 0.29) is 0 Å². The molecule has 3 heteroatoms. The first-order valence-corrected chi connectivity index (χ1v) is 6.88. The molecule has 0 saturated carbocycles. The highest BCUT2D eigenvalue weighted by molar-refractivity contribution is 5.80. The number of fused-ring (bicyclic) bond motifs is 1. The fourth-order valence-electron chi connectivity index (χ4n) is 2.63. The zero-order chi connectivity index (χ0) is 14.1. The van der Waals surface area contributed by atoms with E-state index in [4.69, 9.17) is 5.73 Å². The molecular weight excluding hydrogens is 246 g/mol. The molecular formula is C17H19N3. The summed E-state index contributed by atoms with van der Waals surface area (Å²) in [6.07, 6.45) is 3.96. The summed E-state index contributed by atoms with van der Waals surface area (Å²) in [7, 11) is 0. The molecule has 0 aliphatic heterocycles. The fourth-order valence-corrected chi connectivity index (χ4v) is 2.63. The third-order valence-electron chi connectivity index (χ3n) is 3.78. The maximum absolute atomic E-state index is 5.84. The lowest BCUT2D eigenvalue weighted by Crippen LogP contribution is -2.01. The van der Waals surface area contributed by atoms with Gasteiger partial charge in [-0.15, -0.1) is 0 Å². The van der Waals surface area contributed by atoms with Crippen LogP contribution < -0.4 is 5.73 Å². The van der Waals surface area contributed by atoms with E-state index in [2.05, 4.69) is 53.9 Å². The first kappa shape index (κ1) is 12.9. The standard InChI is InChI=1S/C17H19N3/c1-12-5-6-13(2)14(8-12)10-20-11-15(9-18)16-4-3-7-19-17(16)20/h3-8,11H,9-10,18H2,1-2H3. The topological polar surface area (TPSA) is 43.8 Å². The molecule has 3 aromatic rings. The third-order valence-corrected chi connectivity index (χ3v) is 3.78. The van der Waals surface area contributed by atoms with Crippen molar-refractivity contribution in [2.45, 2.75) is 26.9 Å². The van der Waals surface area contributed by atoms with Crippen LogP contribution in [0.15, 0.2) is 42.7 Å². The van der Waals surface area contributed by atoms with E-state index >= 15 is 0 Å². The van der Waals surface area contributed by atoms with Crippen LogP contribution in [0.3, 0.4) is 0 Å². The van der Waals surface area contributed by atoms with Crippen LogP contribution in [0.2, 0.25) is 0 Å². The Labute approximate surface area is 119 Å².